The minimum Gasteiger partial charge on any atom is -0.382 e. The minimum absolute atomic E-state index is 0.119. The molecule has 0 unspecified atom stereocenters. The highest BCUT2D eigenvalue weighted by atomic mass is 16.8. The van der Waals surface area contributed by atoms with E-state index >= 15 is 0 Å². The van der Waals surface area contributed by atoms with Gasteiger partial charge in [0.15, 0.2) is 11.6 Å². The molecule has 10 heteroatoms. The molecule has 4 aromatic rings. The summed E-state index contributed by atoms with van der Waals surface area (Å²) in [6.45, 7) is 16.1. The second-order valence-corrected chi connectivity index (χ2v) is 14.8. The first kappa shape index (κ1) is 29.6. The van der Waals surface area contributed by atoms with Crippen LogP contribution in [0.4, 0.5) is 5.82 Å². The van der Waals surface area contributed by atoms with Gasteiger partial charge in [-0.2, -0.15) is 5.10 Å². The van der Waals surface area contributed by atoms with Gasteiger partial charge in [0.25, 0.3) is 0 Å². The standard InChI is InChI=1S/C34H47N7O3/c1-19(2)40(22-14-20(15-22)8-13-28-38-23-10-9-21(33(3,4)5)16-24(23)39-28)17-27-30-31(44-34(6,7)43-30)29(42-27)25-11-12-26-32(35)36-18-37-41(25)26/h9-12,16,18-20,22,27,29-31H,8,13-15,17H2,1-7H3,(H,38,39)(H2,35,36,37)/t20-,22+,27-,29+,30-,31+/m1/s1. The third kappa shape index (κ3) is 5.40. The van der Waals surface area contributed by atoms with Crippen molar-refractivity contribution in [2.24, 2.45) is 5.92 Å². The molecule has 4 atom stereocenters. The third-order valence-electron chi connectivity index (χ3n) is 9.87. The average Bonchev–Trinajstić information content (AvgIpc) is 3.68. The first-order chi connectivity index (χ1) is 20.9. The van der Waals surface area contributed by atoms with E-state index in [1.807, 2.05) is 30.5 Å². The van der Waals surface area contributed by atoms with E-state index in [9.17, 15) is 0 Å². The van der Waals surface area contributed by atoms with E-state index in [1.54, 1.807) is 0 Å². The lowest BCUT2D eigenvalue weighted by Crippen LogP contribution is -2.52. The van der Waals surface area contributed by atoms with Crippen LogP contribution in [0.5, 0.6) is 0 Å². The van der Waals surface area contributed by atoms with E-state index in [0.717, 1.165) is 47.5 Å². The molecule has 1 saturated carbocycles. The van der Waals surface area contributed by atoms with Crippen LogP contribution >= 0.6 is 0 Å². The Morgan fingerprint density at radius 1 is 1.11 bits per heavy atom. The molecule has 0 radical (unpaired) electrons. The van der Waals surface area contributed by atoms with Crippen molar-refractivity contribution >= 4 is 22.4 Å². The van der Waals surface area contributed by atoms with Crippen LogP contribution in [-0.2, 0) is 26.0 Å². The molecule has 2 saturated heterocycles. The SMILES string of the molecule is CC(C)N(C[C@H]1O[C@@H](c2ccc3c(N)ncnn23)[C@@H]2OC(C)(C)O[C@@H]21)[C@H]1C[C@@H](CCc2nc3cc(C(C)(C)C)ccc3[nH]2)C1. The number of nitrogen functional groups attached to an aromatic ring is 1. The summed E-state index contributed by atoms with van der Waals surface area (Å²) in [5, 5.41) is 4.47. The van der Waals surface area contributed by atoms with Crippen molar-refractivity contribution in [1.29, 1.82) is 0 Å². The van der Waals surface area contributed by atoms with E-state index in [-0.39, 0.29) is 29.8 Å². The molecule has 5 heterocycles. The van der Waals surface area contributed by atoms with E-state index < -0.39 is 5.79 Å². The maximum absolute atomic E-state index is 6.78. The van der Waals surface area contributed by atoms with Gasteiger partial charge in [0.1, 0.15) is 42.1 Å². The first-order valence-electron chi connectivity index (χ1n) is 16.2. The normalized spacial score (nSPS) is 28.4. The number of fused-ring (bicyclic) bond motifs is 3. The van der Waals surface area contributed by atoms with Gasteiger partial charge >= 0.3 is 0 Å². The van der Waals surface area contributed by atoms with Crippen LogP contribution < -0.4 is 5.73 Å². The molecular weight excluding hydrogens is 554 g/mol. The van der Waals surface area contributed by atoms with Gasteiger partial charge in [-0.25, -0.2) is 14.5 Å². The van der Waals surface area contributed by atoms with Crippen LogP contribution in [0.1, 0.15) is 90.9 Å². The minimum atomic E-state index is -0.675. The van der Waals surface area contributed by atoms with Gasteiger partial charge in [-0.05, 0) is 88.1 Å². The number of aromatic nitrogens is 5. The zero-order chi connectivity index (χ0) is 31.0. The molecule has 44 heavy (non-hydrogen) atoms. The Balaban J connectivity index is 1.00. The lowest BCUT2D eigenvalue weighted by atomic mass is 9.76. The van der Waals surface area contributed by atoms with Crippen molar-refractivity contribution in [1.82, 2.24) is 29.5 Å². The number of nitrogens with zero attached hydrogens (tertiary/aromatic N) is 5. The number of imidazole rings is 1. The van der Waals surface area contributed by atoms with Crippen LogP contribution in [-0.4, -0.2) is 72.2 Å². The van der Waals surface area contributed by atoms with Crippen molar-refractivity contribution in [3.05, 3.63) is 53.7 Å². The molecule has 236 valence electrons. The monoisotopic (exact) mass is 601 g/mol. The van der Waals surface area contributed by atoms with Gasteiger partial charge in [0.2, 0.25) is 0 Å². The zero-order valence-electron chi connectivity index (χ0n) is 27.1. The molecule has 0 amide bonds. The highest BCUT2D eigenvalue weighted by molar-refractivity contribution is 5.76. The van der Waals surface area contributed by atoms with Crippen molar-refractivity contribution in [3.63, 3.8) is 0 Å². The highest BCUT2D eigenvalue weighted by Gasteiger charge is 2.57. The fourth-order valence-corrected chi connectivity index (χ4v) is 7.44. The van der Waals surface area contributed by atoms with Crippen molar-refractivity contribution in [2.75, 3.05) is 12.3 Å². The molecule has 0 spiro atoms. The van der Waals surface area contributed by atoms with Crippen molar-refractivity contribution in [3.8, 4) is 0 Å². The Labute approximate surface area is 259 Å². The number of anilines is 1. The highest BCUT2D eigenvalue weighted by Crippen LogP contribution is 2.46. The quantitative estimate of drug-likeness (QED) is 0.270. The molecule has 1 aliphatic carbocycles. The largest absolute Gasteiger partial charge is 0.382 e. The Morgan fingerprint density at radius 2 is 1.89 bits per heavy atom. The van der Waals surface area contributed by atoms with Gasteiger partial charge in [-0.15, -0.1) is 0 Å². The van der Waals surface area contributed by atoms with E-state index in [1.165, 1.54) is 24.7 Å². The van der Waals surface area contributed by atoms with Gasteiger partial charge in [0.05, 0.1) is 16.7 Å². The van der Waals surface area contributed by atoms with Crippen molar-refractivity contribution in [2.45, 2.75) is 122 Å². The number of hydrogen-bond acceptors (Lipinski definition) is 8. The molecular formula is C34H47N7O3. The smallest absolute Gasteiger partial charge is 0.164 e. The molecule has 7 rings (SSSR count). The Kier molecular flexibility index (Phi) is 7.27. The number of nitrogens with one attached hydrogen (secondary N) is 1. The molecule has 0 bridgehead atoms. The van der Waals surface area contributed by atoms with E-state index in [0.29, 0.717) is 23.8 Å². The second-order valence-electron chi connectivity index (χ2n) is 14.8. The topological polar surface area (TPSA) is 116 Å². The van der Waals surface area contributed by atoms with E-state index in [2.05, 4.69) is 72.8 Å². The summed E-state index contributed by atoms with van der Waals surface area (Å²) in [6, 6.07) is 11.5. The average molecular weight is 602 g/mol. The number of hydrogen-bond donors (Lipinski definition) is 2. The zero-order valence-corrected chi connectivity index (χ0v) is 27.1. The molecule has 3 N–H and O–H groups in total. The number of aryl methyl sites for hydroxylation is 1. The summed E-state index contributed by atoms with van der Waals surface area (Å²) in [5.74, 6) is 1.57. The van der Waals surface area contributed by atoms with Gasteiger partial charge in [-0.1, -0.05) is 26.8 Å². The number of H-pyrrole nitrogens is 1. The number of rotatable bonds is 8. The summed E-state index contributed by atoms with van der Waals surface area (Å²) in [7, 11) is 0. The van der Waals surface area contributed by atoms with Gasteiger partial charge < -0.3 is 24.9 Å². The maximum Gasteiger partial charge on any atom is 0.164 e. The summed E-state index contributed by atoms with van der Waals surface area (Å²) in [4.78, 5) is 15.2. The summed E-state index contributed by atoms with van der Waals surface area (Å²) < 4.78 is 21.5. The molecule has 1 aromatic carbocycles. The molecule has 3 aliphatic rings. The van der Waals surface area contributed by atoms with Gasteiger partial charge in [0, 0.05) is 25.0 Å². The lowest BCUT2D eigenvalue weighted by Gasteiger charge is -2.46. The Bertz CT molecular complexity index is 1650. The van der Waals surface area contributed by atoms with Crippen LogP contribution in [0.25, 0.3) is 16.6 Å². The fourth-order valence-electron chi connectivity index (χ4n) is 7.44. The lowest BCUT2D eigenvalue weighted by molar-refractivity contribution is -0.191. The molecule has 3 aromatic heterocycles. The molecule has 3 fully saturated rings. The summed E-state index contributed by atoms with van der Waals surface area (Å²) in [6.07, 6.45) is 5.18. The van der Waals surface area contributed by atoms with Gasteiger partial charge in [-0.3, -0.25) is 4.90 Å². The predicted molar refractivity (Wildman–Crippen MR) is 170 cm³/mol. The van der Waals surface area contributed by atoms with E-state index in [4.69, 9.17) is 24.9 Å². The third-order valence-corrected chi connectivity index (χ3v) is 9.87. The molecule has 10 nitrogen and oxygen atoms in total. The first-order valence-corrected chi connectivity index (χ1v) is 16.2. The number of nitrogens with two attached hydrogens (primary N) is 1. The van der Waals surface area contributed by atoms with Crippen LogP contribution in [0.3, 0.4) is 0 Å². The number of ether oxygens (including phenoxy) is 3. The Hall–Kier alpha value is -3.05. The fraction of sp³-hybridized carbons (Fsp3) is 0.618. The second kappa shape index (κ2) is 10.8. The van der Waals surface area contributed by atoms with Crippen LogP contribution in [0.15, 0.2) is 36.7 Å². The van der Waals surface area contributed by atoms with Crippen LogP contribution in [0, 0.1) is 5.92 Å². The van der Waals surface area contributed by atoms with Crippen molar-refractivity contribution < 1.29 is 14.2 Å². The molecule has 2 aliphatic heterocycles. The van der Waals surface area contributed by atoms with Crippen LogP contribution in [0.2, 0.25) is 0 Å². The predicted octanol–water partition coefficient (Wildman–Crippen LogP) is 5.57. The number of aromatic amines is 1. The summed E-state index contributed by atoms with van der Waals surface area (Å²) >= 11 is 0. The summed E-state index contributed by atoms with van der Waals surface area (Å²) in [5.41, 5.74) is 11.4. The number of benzene rings is 1. The Morgan fingerprint density at radius 3 is 2.64 bits per heavy atom. The maximum atomic E-state index is 6.78.